The van der Waals surface area contributed by atoms with Gasteiger partial charge in [0.1, 0.15) is 6.61 Å². The van der Waals surface area contributed by atoms with Crippen molar-refractivity contribution in [2.75, 3.05) is 33.4 Å². The van der Waals surface area contributed by atoms with Crippen LogP contribution in [0.25, 0.3) is 5.57 Å². The number of amides is 2. The van der Waals surface area contributed by atoms with Crippen molar-refractivity contribution in [3.8, 4) is 0 Å². The lowest BCUT2D eigenvalue weighted by Crippen LogP contribution is -2.46. The molecule has 2 atom stereocenters. The molecule has 234 valence electrons. The van der Waals surface area contributed by atoms with Crippen molar-refractivity contribution in [2.24, 2.45) is 5.41 Å². The van der Waals surface area contributed by atoms with E-state index in [1.807, 2.05) is 62.9 Å². The molecule has 1 unspecified atom stereocenters. The lowest BCUT2D eigenvalue weighted by Gasteiger charge is -2.32. The van der Waals surface area contributed by atoms with E-state index in [1.165, 1.54) is 17.8 Å². The Morgan fingerprint density at radius 1 is 1.14 bits per heavy atom. The van der Waals surface area contributed by atoms with Gasteiger partial charge in [-0.2, -0.15) is 0 Å². The van der Waals surface area contributed by atoms with E-state index in [4.69, 9.17) is 9.47 Å². The van der Waals surface area contributed by atoms with E-state index in [1.54, 1.807) is 12.0 Å². The first-order valence-corrected chi connectivity index (χ1v) is 15.5. The maximum absolute atomic E-state index is 13.4. The molecular formula is C34H52N2O5S. The summed E-state index contributed by atoms with van der Waals surface area (Å²) in [7, 11) is 1.71. The number of hydrogen-bond acceptors (Lipinski definition) is 6. The van der Waals surface area contributed by atoms with E-state index < -0.39 is 6.09 Å². The first kappa shape index (κ1) is 37.2. The molecule has 1 fully saturated rings. The van der Waals surface area contributed by atoms with E-state index >= 15 is 0 Å². The SMILES string of the molecule is C=CCOC(=O)N1CC(SC=O)C[C@H]1CN(CC/C(=C/C=C\C)c1ccccc1)C(=O)CC(C)(C)C.COC(C)(C)C. The van der Waals surface area contributed by atoms with Crippen LogP contribution in [-0.4, -0.2) is 77.7 Å². The van der Waals surface area contributed by atoms with Gasteiger partial charge in [0.05, 0.1) is 11.6 Å². The molecule has 2 rings (SSSR count). The minimum atomic E-state index is -0.435. The number of ether oxygens (including phenoxy) is 2. The molecule has 0 spiro atoms. The van der Waals surface area contributed by atoms with Crippen molar-refractivity contribution in [3.05, 3.63) is 66.8 Å². The molecule has 1 heterocycles. The Morgan fingerprint density at radius 3 is 2.31 bits per heavy atom. The molecule has 0 aliphatic carbocycles. The van der Waals surface area contributed by atoms with Gasteiger partial charge in [-0.1, -0.05) is 93.7 Å². The Labute approximate surface area is 258 Å². The fourth-order valence-electron chi connectivity index (χ4n) is 4.24. The highest BCUT2D eigenvalue weighted by Gasteiger charge is 2.38. The highest BCUT2D eigenvalue weighted by molar-refractivity contribution is 8.12. The van der Waals surface area contributed by atoms with Crippen LogP contribution >= 0.6 is 11.8 Å². The lowest BCUT2D eigenvalue weighted by molar-refractivity contribution is -0.133. The van der Waals surface area contributed by atoms with Gasteiger partial charge in [-0.25, -0.2) is 4.79 Å². The summed E-state index contributed by atoms with van der Waals surface area (Å²) in [6.45, 7) is 19.3. The molecule has 7 nitrogen and oxygen atoms in total. The Morgan fingerprint density at radius 2 is 1.79 bits per heavy atom. The molecule has 0 aromatic heterocycles. The van der Waals surface area contributed by atoms with Crippen molar-refractivity contribution < 1.29 is 23.9 Å². The zero-order chi connectivity index (χ0) is 31.8. The third-order valence-electron chi connectivity index (χ3n) is 6.55. The van der Waals surface area contributed by atoms with Crippen LogP contribution in [0.5, 0.6) is 0 Å². The summed E-state index contributed by atoms with van der Waals surface area (Å²) in [5.41, 5.74) is 2.97. The zero-order valence-corrected chi connectivity index (χ0v) is 27.7. The van der Waals surface area contributed by atoms with Crippen molar-refractivity contribution in [1.29, 1.82) is 0 Å². The van der Waals surface area contributed by atoms with Crippen molar-refractivity contribution in [3.63, 3.8) is 0 Å². The number of carbonyl (C=O) groups excluding carboxylic acids is 3. The second-order valence-electron chi connectivity index (χ2n) is 12.5. The second kappa shape index (κ2) is 18.6. The Bertz CT molecular complexity index is 1040. The Hall–Kier alpha value is -2.84. The van der Waals surface area contributed by atoms with Gasteiger partial charge in [0.15, 0.2) is 5.62 Å². The summed E-state index contributed by atoms with van der Waals surface area (Å²) in [5.74, 6) is 0.0619. The monoisotopic (exact) mass is 600 g/mol. The molecule has 2 amide bonds. The summed E-state index contributed by atoms with van der Waals surface area (Å²) in [6, 6.07) is 9.94. The number of likely N-dealkylation sites (tertiary alicyclic amines) is 1. The molecule has 0 N–H and O–H groups in total. The maximum atomic E-state index is 13.4. The van der Waals surface area contributed by atoms with Crippen LogP contribution < -0.4 is 0 Å². The van der Waals surface area contributed by atoms with Crippen LogP contribution in [0, 0.1) is 5.41 Å². The highest BCUT2D eigenvalue weighted by Crippen LogP contribution is 2.29. The predicted molar refractivity (Wildman–Crippen MR) is 176 cm³/mol. The van der Waals surface area contributed by atoms with Crippen molar-refractivity contribution in [2.45, 2.75) is 84.6 Å². The molecule has 42 heavy (non-hydrogen) atoms. The minimum Gasteiger partial charge on any atom is -0.445 e. The molecule has 1 saturated heterocycles. The average molecular weight is 601 g/mol. The molecule has 1 aromatic carbocycles. The molecule has 1 aliphatic heterocycles. The summed E-state index contributed by atoms with van der Waals surface area (Å²) in [4.78, 5) is 40.9. The maximum Gasteiger partial charge on any atom is 0.410 e. The summed E-state index contributed by atoms with van der Waals surface area (Å²) in [5, 5.41) is -0.0159. The number of methoxy groups -OCH3 is 1. The smallest absolute Gasteiger partial charge is 0.410 e. The zero-order valence-electron chi connectivity index (χ0n) is 26.9. The molecular weight excluding hydrogens is 548 g/mol. The molecule has 1 aliphatic rings. The minimum absolute atomic E-state index is 0.0159. The van der Waals surface area contributed by atoms with Crippen LogP contribution in [0.4, 0.5) is 4.79 Å². The molecule has 0 radical (unpaired) electrons. The van der Waals surface area contributed by atoms with E-state index in [2.05, 4.69) is 45.6 Å². The van der Waals surface area contributed by atoms with Crippen LogP contribution in [-0.2, 0) is 19.1 Å². The van der Waals surface area contributed by atoms with E-state index in [0.717, 1.165) is 16.8 Å². The summed E-state index contributed by atoms with van der Waals surface area (Å²) < 4.78 is 10.2. The standard InChI is InChI=1S/C29H40N2O4S.C5H12O/c1-6-8-12-24(23-13-10-9-11-14-23)15-16-30(27(33)19-29(3,4)5)20-25-18-26(36-22-32)21-31(25)28(34)35-17-7-2;1-5(2,3)6-4/h6-14,22,25-26H,2,15-21H2,1,3-5H3;1-4H3/b8-6-,24-12-;/t25-,26?;/m0./s1. The van der Waals surface area contributed by atoms with E-state index in [9.17, 15) is 14.4 Å². The van der Waals surface area contributed by atoms with Gasteiger partial charge in [-0.15, -0.1) is 0 Å². The van der Waals surface area contributed by atoms with Gasteiger partial charge in [0, 0.05) is 38.4 Å². The van der Waals surface area contributed by atoms with Gasteiger partial charge in [0.2, 0.25) is 5.91 Å². The number of rotatable bonds is 12. The Balaban J connectivity index is 0.00000132. The third kappa shape index (κ3) is 14.9. The fraction of sp³-hybridized carbons (Fsp3) is 0.559. The van der Waals surface area contributed by atoms with Crippen LogP contribution in [0.2, 0.25) is 0 Å². The molecule has 8 heteroatoms. The molecule has 1 aromatic rings. The van der Waals surface area contributed by atoms with Crippen molar-refractivity contribution >= 4 is 35.0 Å². The lowest BCUT2D eigenvalue weighted by atomic mass is 9.91. The average Bonchev–Trinajstić information content (AvgIpc) is 3.33. The van der Waals surface area contributed by atoms with Gasteiger partial charge < -0.3 is 19.3 Å². The second-order valence-corrected chi connectivity index (χ2v) is 13.6. The van der Waals surface area contributed by atoms with E-state index in [0.29, 0.717) is 38.9 Å². The summed E-state index contributed by atoms with van der Waals surface area (Å²) >= 11 is 1.19. The van der Waals surface area contributed by atoms with Crippen molar-refractivity contribution in [1.82, 2.24) is 9.80 Å². The van der Waals surface area contributed by atoms with Crippen LogP contribution in [0.1, 0.15) is 73.3 Å². The number of allylic oxidation sites excluding steroid dienone is 3. The number of thioether (sulfide) groups is 1. The number of hydrogen-bond donors (Lipinski definition) is 0. The fourth-order valence-corrected chi connectivity index (χ4v) is 4.98. The molecule has 0 bridgehead atoms. The van der Waals surface area contributed by atoms with E-state index in [-0.39, 0.29) is 34.8 Å². The van der Waals surface area contributed by atoms with Gasteiger partial charge in [-0.05, 0) is 57.1 Å². The van der Waals surface area contributed by atoms with Crippen LogP contribution in [0.15, 0.2) is 61.2 Å². The highest BCUT2D eigenvalue weighted by atomic mass is 32.2. The topological polar surface area (TPSA) is 76.2 Å². The number of benzene rings is 1. The Kier molecular flexibility index (Phi) is 16.5. The third-order valence-corrected chi connectivity index (χ3v) is 7.38. The first-order chi connectivity index (χ1) is 19.7. The van der Waals surface area contributed by atoms with Crippen LogP contribution in [0.3, 0.4) is 0 Å². The summed E-state index contributed by atoms with van der Waals surface area (Å²) in [6.07, 6.45) is 8.91. The number of nitrogens with zero attached hydrogens (tertiary/aromatic N) is 2. The normalized spacial score (nSPS) is 17.4. The molecule has 0 saturated carbocycles. The first-order valence-electron chi connectivity index (χ1n) is 14.6. The number of carbonyl (C=O) groups is 3. The van der Waals surface area contributed by atoms with Gasteiger partial charge in [-0.3, -0.25) is 9.59 Å². The quantitative estimate of drug-likeness (QED) is 0.141. The largest absolute Gasteiger partial charge is 0.445 e. The van der Waals surface area contributed by atoms with Gasteiger partial charge >= 0.3 is 6.09 Å². The van der Waals surface area contributed by atoms with Gasteiger partial charge in [0.25, 0.3) is 0 Å². The predicted octanol–water partition coefficient (Wildman–Crippen LogP) is 7.42.